The summed E-state index contributed by atoms with van der Waals surface area (Å²) >= 11 is 0. The first-order valence-electron chi connectivity index (χ1n) is 7.54. The monoisotopic (exact) mass is 383 g/mol. The van der Waals surface area contributed by atoms with Crippen molar-refractivity contribution < 1.29 is 32.2 Å². The number of primary amides is 1. The first-order chi connectivity index (χ1) is 12.7. The van der Waals surface area contributed by atoms with Crippen LogP contribution in [0.5, 0.6) is 11.5 Å². The van der Waals surface area contributed by atoms with Crippen molar-refractivity contribution in [2.75, 3.05) is 24.4 Å². The number of halogens is 3. The number of hydrogen-bond donors (Lipinski definition) is 3. The molecule has 27 heavy (non-hydrogen) atoms. The molecular weight excluding hydrogens is 367 g/mol. The van der Waals surface area contributed by atoms with E-state index in [9.17, 15) is 22.8 Å². The number of carbonyl (C=O) groups is 2. The molecule has 0 heterocycles. The number of anilines is 2. The van der Waals surface area contributed by atoms with E-state index in [4.69, 9.17) is 15.2 Å². The fraction of sp³-hybridized carbons (Fsp3) is 0.176. The van der Waals surface area contributed by atoms with E-state index in [0.29, 0.717) is 11.4 Å². The van der Waals surface area contributed by atoms with Crippen LogP contribution in [0.4, 0.5) is 29.3 Å². The maximum Gasteiger partial charge on any atom is 0.419 e. The molecule has 0 aliphatic heterocycles. The van der Waals surface area contributed by atoms with Crippen molar-refractivity contribution in [3.05, 3.63) is 48.0 Å². The van der Waals surface area contributed by atoms with Crippen LogP contribution in [0, 0.1) is 0 Å². The number of carbonyl (C=O) groups excluding carboxylic acids is 2. The Hall–Kier alpha value is -3.43. The zero-order valence-electron chi connectivity index (χ0n) is 14.1. The second-order valence-corrected chi connectivity index (χ2v) is 5.24. The third-order valence-corrected chi connectivity index (χ3v) is 3.29. The minimum atomic E-state index is -4.59. The van der Waals surface area contributed by atoms with Crippen LogP contribution in [-0.2, 0) is 11.0 Å². The quantitative estimate of drug-likeness (QED) is 0.713. The zero-order chi connectivity index (χ0) is 20.0. The minimum Gasteiger partial charge on any atom is -0.494 e. The number of alkyl halides is 3. The number of benzene rings is 2. The SMILES string of the molecule is COc1cc(NC(=O)COc2ccccc2C(F)(F)F)ccc1NC(N)=O. The molecule has 2 aromatic rings. The molecule has 0 saturated heterocycles. The summed E-state index contributed by atoms with van der Waals surface area (Å²) in [5, 5.41) is 4.80. The molecule has 3 amide bonds. The van der Waals surface area contributed by atoms with Crippen LogP contribution in [0.2, 0.25) is 0 Å². The lowest BCUT2D eigenvalue weighted by molar-refractivity contribution is -0.139. The lowest BCUT2D eigenvalue weighted by Crippen LogP contribution is -2.22. The Balaban J connectivity index is 2.04. The fourth-order valence-electron chi connectivity index (χ4n) is 2.17. The molecule has 0 aliphatic rings. The van der Waals surface area contributed by atoms with Crippen molar-refractivity contribution in [3.63, 3.8) is 0 Å². The number of rotatable bonds is 6. The second kappa shape index (κ2) is 8.30. The molecule has 10 heteroatoms. The molecular formula is C17H16F3N3O4. The van der Waals surface area contributed by atoms with E-state index in [1.165, 1.54) is 37.4 Å². The van der Waals surface area contributed by atoms with Crippen LogP contribution in [0.3, 0.4) is 0 Å². The summed E-state index contributed by atoms with van der Waals surface area (Å²) in [6, 6.07) is 8.11. The highest BCUT2D eigenvalue weighted by Crippen LogP contribution is 2.35. The number of methoxy groups -OCH3 is 1. The van der Waals surface area contributed by atoms with E-state index in [1.54, 1.807) is 0 Å². The Morgan fingerprint density at radius 3 is 2.41 bits per heavy atom. The molecule has 144 valence electrons. The molecule has 4 N–H and O–H groups in total. The Bertz CT molecular complexity index is 840. The van der Waals surface area contributed by atoms with Gasteiger partial charge in [-0.3, -0.25) is 4.79 Å². The van der Waals surface area contributed by atoms with Gasteiger partial charge in [-0.25, -0.2) is 4.79 Å². The Kier molecular flexibility index (Phi) is 6.11. The van der Waals surface area contributed by atoms with E-state index < -0.39 is 36.0 Å². The molecule has 0 aromatic heterocycles. The molecule has 7 nitrogen and oxygen atoms in total. The Labute approximate surface area is 152 Å². The largest absolute Gasteiger partial charge is 0.494 e. The van der Waals surface area contributed by atoms with Gasteiger partial charge in [0.1, 0.15) is 11.5 Å². The molecule has 0 spiro atoms. The maximum atomic E-state index is 12.9. The standard InChI is InChI=1S/C17H16F3N3O4/c1-26-14-8-10(6-7-12(14)23-16(21)25)22-15(24)9-27-13-5-3-2-4-11(13)17(18,19)20/h2-8H,9H2,1H3,(H,22,24)(H3,21,23,25). The third-order valence-electron chi connectivity index (χ3n) is 3.29. The molecule has 0 bridgehead atoms. The van der Waals surface area contributed by atoms with Gasteiger partial charge in [0.25, 0.3) is 5.91 Å². The van der Waals surface area contributed by atoms with Crippen LogP contribution in [0.25, 0.3) is 0 Å². The summed E-state index contributed by atoms with van der Waals surface area (Å²) in [5.41, 5.74) is 4.64. The number of urea groups is 1. The predicted molar refractivity (Wildman–Crippen MR) is 91.8 cm³/mol. The van der Waals surface area contributed by atoms with Gasteiger partial charge in [0, 0.05) is 11.8 Å². The molecule has 0 unspecified atom stereocenters. The van der Waals surface area contributed by atoms with Crippen LogP contribution < -0.4 is 25.8 Å². The van der Waals surface area contributed by atoms with Gasteiger partial charge in [-0.2, -0.15) is 13.2 Å². The number of amides is 3. The molecule has 0 saturated carbocycles. The van der Waals surface area contributed by atoms with Crippen LogP contribution in [-0.4, -0.2) is 25.7 Å². The summed E-state index contributed by atoms with van der Waals surface area (Å²) in [4.78, 5) is 22.9. The highest BCUT2D eigenvalue weighted by molar-refractivity contribution is 5.94. The maximum absolute atomic E-state index is 12.9. The van der Waals surface area contributed by atoms with Crippen molar-refractivity contribution in [2.45, 2.75) is 6.18 Å². The van der Waals surface area contributed by atoms with Gasteiger partial charge in [0.05, 0.1) is 18.4 Å². The van der Waals surface area contributed by atoms with Crippen LogP contribution in [0.15, 0.2) is 42.5 Å². The minimum absolute atomic E-state index is 0.231. The summed E-state index contributed by atoms with van der Waals surface area (Å²) in [7, 11) is 1.35. The van der Waals surface area contributed by atoms with Gasteiger partial charge in [0.2, 0.25) is 0 Å². The van der Waals surface area contributed by atoms with Crippen LogP contribution in [0.1, 0.15) is 5.56 Å². The van der Waals surface area contributed by atoms with Gasteiger partial charge in [0.15, 0.2) is 6.61 Å². The number of para-hydroxylation sites is 1. The lowest BCUT2D eigenvalue weighted by atomic mass is 10.2. The van der Waals surface area contributed by atoms with E-state index in [-0.39, 0.29) is 5.75 Å². The van der Waals surface area contributed by atoms with E-state index in [1.807, 2.05) is 0 Å². The van der Waals surface area contributed by atoms with Crippen molar-refractivity contribution in [3.8, 4) is 11.5 Å². The van der Waals surface area contributed by atoms with Gasteiger partial charge in [-0.1, -0.05) is 12.1 Å². The van der Waals surface area contributed by atoms with Crippen molar-refractivity contribution >= 4 is 23.3 Å². The summed E-state index contributed by atoms with van der Waals surface area (Å²) in [6.45, 7) is -0.628. The van der Waals surface area contributed by atoms with Crippen molar-refractivity contribution in [1.29, 1.82) is 0 Å². The average Bonchev–Trinajstić information content (AvgIpc) is 2.60. The lowest BCUT2D eigenvalue weighted by Gasteiger charge is -2.14. The Morgan fingerprint density at radius 2 is 1.78 bits per heavy atom. The molecule has 0 atom stereocenters. The first kappa shape index (κ1) is 19.9. The fourth-order valence-corrected chi connectivity index (χ4v) is 2.17. The third kappa shape index (κ3) is 5.53. The predicted octanol–water partition coefficient (Wildman–Crippen LogP) is 3.22. The smallest absolute Gasteiger partial charge is 0.419 e. The van der Waals surface area contributed by atoms with Gasteiger partial charge < -0.3 is 25.8 Å². The number of nitrogens with two attached hydrogens (primary N) is 1. The molecule has 2 aromatic carbocycles. The van der Waals surface area contributed by atoms with Crippen molar-refractivity contribution in [2.24, 2.45) is 5.73 Å². The summed E-state index contributed by atoms with van der Waals surface area (Å²) in [5.74, 6) is -0.890. The van der Waals surface area contributed by atoms with Gasteiger partial charge in [-0.05, 0) is 24.3 Å². The first-order valence-corrected chi connectivity index (χ1v) is 7.54. The Morgan fingerprint density at radius 1 is 1.07 bits per heavy atom. The average molecular weight is 383 g/mol. The van der Waals surface area contributed by atoms with E-state index >= 15 is 0 Å². The van der Waals surface area contributed by atoms with E-state index in [2.05, 4.69) is 10.6 Å². The summed E-state index contributed by atoms with van der Waals surface area (Å²) < 4.78 is 48.8. The van der Waals surface area contributed by atoms with Gasteiger partial charge in [-0.15, -0.1) is 0 Å². The second-order valence-electron chi connectivity index (χ2n) is 5.24. The van der Waals surface area contributed by atoms with E-state index in [0.717, 1.165) is 12.1 Å². The van der Waals surface area contributed by atoms with Crippen LogP contribution >= 0.6 is 0 Å². The highest BCUT2D eigenvalue weighted by atomic mass is 19.4. The topological polar surface area (TPSA) is 103 Å². The normalized spacial score (nSPS) is 10.8. The number of ether oxygens (including phenoxy) is 2. The van der Waals surface area contributed by atoms with Gasteiger partial charge >= 0.3 is 12.2 Å². The number of nitrogens with one attached hydrogen (secondary N) is 2. The molecule has 2 rings (SSSR count). The molecule has 0 aliphatic carbocycles. The zero-order valence-corrected chi connectivity index (χ0v) is 14.1. The summed E-state index contributed by atoms with van der Waals surface area (Å²) in [6.07, 6.45) is -4.59. The highest BCUT2D eigenvalue weighted by Gasteiger charge is 2.34. The van der Waals surface area contributed by atoms with Crippen molar-refractivity contribution in [1.82, 2.24) is 0 Å². The molecule has 0 radical (unpaired) electrons. The molecule has 0 fully saturated rings. The number of hydrogen-bond acceptors (Lipinski definition) is 4.